The summed E-state index contributed by atoms with van der Waals surface area (Å²) in [5, 5.41) is 1.39. The van der Waals surface area contributed by atoms with Gasteiger partial charge in [-0.15, -0.1) is 0 Å². The van der Waals surface area contributed by atoms with E-state index in [2.05, 4.69) is 16.9 Å². The van der Waals surface area contributed by atoms with E-state index in [4.69, 9.17) is 16.3 Å². The van der Waals surface area contributed by atoms with Gasteiger partial charge in [-0.25, -0.2) is 4.79 Å². The molecule has 0 spiro atoms. The second kappa shape index (κ2) is 7.04. The van der Waals surface area contributed by atoms with Gasteiger partial charge in [-0.1, -0.05) is 24.6 Å². The lowest BCUT2D eigenvalue weighted by Crippen LogP contribution is -2.24. The third-order valence-electron chi connectivity index (χ3n) is 4.08. The van der Waals surface area contributed by atoms with Crippen molar-refractivity contribution in [3.05, 3.63) is 70.6 Å². The quantitative estimate of drug-likeness (QED) is 0.581. The number of carbonyl (C=O) groups is 1. The van der Waals surface area contributed by atoms with Gasteiger partial charge in [0.1, 0.15) is 5.60 Å². The van der Waals surface area contributed by atoms with Crippen molar-refractivity contribution in [2.75, 3.05) is 0 Å². The molecule has 3 rings (SSSR count). The molecule has 3 aromatic rings. The van der Waals surface area contributed by atoms with Gasteiger partial charge in [-0.2, -0.15) is 0 Å². The molecule has 134 valence electrons. The van der Waals surface area contributed by atoms with Crippen LogP contribution in [0.3, 0.4) is 0 Å². The number of hydrogen-bond donors (Lipinski definition) is 0. The fraction of sp³-hybridized carbons (Fsp3) is 0.286. The van der Waals surface area contributed by atoms with E-state index in [0.29, 0.717) is 10.6 Å². The maximum atomic E-state index is 12.6. The first-order chi connectivity index (χ1) is 12.2. The van der Waals surface area contributed by atoms with Crippen LogP contribution < -0.4 is 0 Å². The van der Waals surface area contributed by atoms with Gasteiger partial charge in [0, 0.05) is 29.4 Å². The fourth-order valence-corrected chi connectivity index (χ4v) is 2.87. The van der Waals surface area contributed by atoms with Gasteiger partial charge < -0.3 is 4.74 Å². The molecule has 0 aliphatic heterocycles. The monoisotopic (exact) mass is 368 g/mol. The number of benzene rings is 1. The lowest BCUT2D eigenvalue weighted by atomic mass is 9.94. The second-order valence-corrected chi connectivity index (χ2v) is 7.70. The zero-order chi connectivity index (χ0) is 18.9. The Morgan fingerprint density at radius 2 is 1.88 bits per heavy atom. The SMILES string of the molecule is CC(c1ccc2nccc(C(=O)OC(C)(C)C)c2c1)c1ccc(Cl)cn1. The molecule has 4 nitrogen and oxygen atoms in total. The lowest BCUT2D eigenvalue weighted by Gasteiger charge is -2.20. The van der Waals surface area contributed by atoms with Crippen molar-refractivity contribution in [3.63, 3.8) is 0 Å². The zero-order valence-electron chi connectivity index (χ0n) is 15.3. The third kappa shape index (κ3) is 4.02. The fourth-order valence-electron chi connectivity index (χ4n) is 2.76. The van der Waals surface area contributed by atoms with Gasteiger partial charge in [-0.3, -0.25) is 9.97 Å². The van der Waals surface area contributed by atoms with Gasteiger partial charge in [0.2, 0.25) is 0 Å². The van der Waals surface area contributed by atoms with Crippen LogP contribution in [0.25, 0.3) is 10.9 Å². The second-order valence-electron chi connectivity index (χ2n) is 7.26. The van der Waals surface area contributed by atoms with Crippen LogP contribution in [0.4, 0.5) is 0 Å². The number of ether oxygens (including phenoxy) is 1. The Labute approximate surface area is 158 Å². The summed E-state index contributed by atoms with van der Waals surface area (Å²) in [4.78, 5) is 21.4. The molecule has 0 saturated carbocycles. The molecule has 2 heterocycles. The molecule has 1 atom stereocenters. The number of halogens is 1. The van der Waals surface area contributed by atoms with Crippen LogP contribution in [0.1, 0.15) is 55.2 Å². The maximum absolute atomic E-state index is 12.6. The Morgan fingerprint density at radius 3 is 2.54 bits per heavy atom. The summed E-state index contributed by atoms with van der Waals surface area (Å²) in [6, 6.07) is 11.4. The number of nitrogens with zero attached hydrogens (tertiary/aromatic N) is 2. The van der Waals surface area contributed by atoms with Gasteiger partial charge in [-0.05, 0) is 56.7 Å². The van der Waals surface area contributed by atoms with E-state index in [1.54, 1.807) is 18.5 Å². The molecule has 0 N–H and O–H groups in total. The van der Waals surface area contributed by atoms with E-state index in [0.717, 1.165) is 22.2 Å². The summed E-state index contributed by atoms with van der Waals surface area (Å²) in [5.74, 6) is -0.289. The van der Waals surface area contributed by atoms with Crippen LogP contribution in [-0.4, -0.2) is 21.5 Å². The summed E-state index contributed by atoms with van der Waals surface area (Å²) >= 11 is 5.93. The molecule has 0 radical (unpaired) electrons. The minimum absolute atomic E-state index is 0.0587. The number of fused-ring (bicyclic) bond motifs is 1. The molecule has 0 amide bonds. The van der Waals surface area contributed by atoms with E-state index in [9.17, 15) is 4.79 Å². The van der Waals surface area contributed by atoms with Crippen LogP contribution in [0.5, 0.6) is 0 Å². The Balaban J connectivity index is 2.03. The third-order valence-corrected chi connectivity index (χ3v) is 4.30. The maximum Gasteiger partial charge on any atom is 0.339 e. The molecule has 0 bridgehead atoms. The number of esters is 1. The largest absolute Gasteiger partial charge is 0.456 e. The minimum Gasteiger partial charge on any atom is -0.456 e. The number of aromatic nitrogens is 2. The van der Waals surface area contributed by atoms with Crippen LogP contribution in [0.15, 0.2) is 48.8 Å². The highest BCUT2D eigenvalue weighted by Crippen LogP contribution is 2.28. The first kappa shape index (κ1) is 18.3. The van der Waals surface area contributed by atoms with Crippen LogP contribution in [0, 0.1) is 0 Å². The standard InChI is InChI=1S/C21H21ClN2O2/c1-13(18-8-6-15(22)12-24-18)14-5-7-19-17(11-14)16(9-10-23-19)20(25)26-21(2,3)4/h5-13H,1-4H3. The average molecular weight is 369 g/mol. The summed E-state index contributed by atoms with van der Waals surface area (Å²) in [5.41, 5.74) is 2.68. The topological polar surface area (TPSA) is 52.1 Å². The molecular weight excluding hydrogens is 348 g/mol. The van der Waals surface area contributed by atoms with Crippen molar-refractivity contribution in [3.8, 4) is 0 Å². The Kier molecular flexibility index (Phi) is 4.97. The molecule has 5 heteroatoms. The molecule has 26 heavy (non-hydrogen) atoms. The van der Waals surface area contributed by atoms with E-state index in [-0.39, 0.29) is 11.9 Å². The zero-order valence-corrected chi connectivity index (χ0v) is 16.0. The van der Waals surface area contributed by atoms with E-state index in [1.165, 1.54) is 0 Å². The summed E-state index contributed by atoms with van der Waals surface area (Å²) in [6.07, 6.45) is 3.27. The normalized spacial score (nSPS) is 12.8. The van der Waals surface area contributed by atoms with Crippen molar-refractivity contribution in [1.82, 2.24) is 9.97 Å². The Hall–Kier alpha value is -2.46. The molecular formula is C21H21ClN2O2. The van der Waals surface area contributed by atoms with Crippen molar-refractivity contribution < 1.29 is 9.53 Å². The van der Waals surface area contributed by atoms with Gasteiger partial charge >= 0.3 is 5.97 Å². The van der Waals surface area contributed by atoms with Crippen molar-refractivity contribution in [1.29, 1.82) is 0 Å². The van der Waals surface area contributed by atoms with Crippen LogP contribution >= 0.6 is 11.6 Å². The van der Waals surface area contributed by atoms with Gasteiger partial charge in [0.25, 0.3) is 0 Å². The van der Waals surface area contributed by atoms with E-state index in [1.807, 2.05) is 51.1 Å². The number of pyridine rings is 2. The number of carbonyl (C=O) groups excluding carboxylic acids is 1. The van der Waals surface area contributed by atoms with Gasteiger partial charge in [0.05, 0.1) is 16.1 Å². The highest BCUT2D eigenvalue weighted by molar-refractivity contribution is 6.30. The van der Waals surface area contributed by atoms with Crippen molar-refractivity contribution in [2.45, 2.75) is 39.2 Å². The smallest absolute Gasteiger partial charge is 0.339 e. The highest BCUT2D eigenvalue weighted by atomic mass is 35.5. The Bertz CT molecular complexity index is 946. The van der Waals surface area contributed by atoms with E-state index >= 15 is 0 Å². The Morgan fingerprint density at radius 1 is 1.12 bits per heavy atom. The predicted octanol–water partition coefficient (Wildman–Crippen LogP) is 5.39. The first-order valence-electron chi connectivity index (χ1n) is 8.48. The molecule has 2 aromatic heterocycles. The van der Waals surface area contributed by atoms with Crippen molar-refractivity contribution >= 4 is 28.5 Å². The summed E-state index contributed by atoms with van der Waals surface area (Å²) in [7, 11) is 0. The molecule has 0 aliphatic rings. The average Bonchev–Trinajstić information content (AvgIpc) is 2.59. The number of rotatable bonds is 3. The summed E-state index contributed by atoms with van der Waals surface area (Å²) in [6.45, 7) is 7.64. The predicted molar refractivity (Wildman–Crippen MR) is 104 cm³/mol. The highest BCUT2D eigenvalue weighted by Gasteiger charge is 2.20. The number of hydrogen-bond acceptors (Lipinski definition) is 4. The van der Waals surface area contributed by atoms with Crippen LogP contribution in [0.2, 0.25) is 5.02 Å². The van der Waals surface area contributed by atoms with Crippen LogP contribution in [-0.2, 0) is 4.74 Å². The van der Waals surface area contributed by atoms with Gasteiger partial charge in [0.15, 0.2) is 0 Å². The lowest BCUT2D eigenvalue weighted by molar-refractivity contribution is 0.00718. The molecule has 0 aliphatic carbocycles. The van der Waals surface area contributed by atoms with Crippen molar-refractivity contribution in [2.24, 2.45) is 0 Å². The minimum atomic E-state index is -0.551. The first-order valence-corrected chi connectivity index (χ1v) is 8.86. The molecule has 1 aromatic carbocycles. The molecule has 0 fully saturated rings. The summed E-state index contributed by atoms with van der Waals surface area (Å²) < 4.78 is 5.54. The molecule has 1 unspecified atom stereocenters. The molecule has 0 saturated heterocycles. The van der Waals surface area contributed by atoms with E-state index < -0.39 is 5.60 Å².